The van der Waals surface area contributed by atoms with Crippen LogP contribution in [0.15, 0.2) is 34.0 Å². The van der Waals surface area contributed by atoms with Crippen LogP contribution in [0.1, 0.15) is 77.3 Å². The van der Waals surface area contributed by atoms with Gasteiger partial charge in [-0.2, -0.15) is 11.3 Å². The molecule has 2 fully saturated rings. The number of likely N-dealkylation sites (tertiary alicyclic amines) is 1. The van der Waals surface area contributed by atoms with Gasteiger partial charge in [0.15, 0.2) is 0 Å². The Morgan fingerprint density at radius 1 is 1.03 bits per heavy atom. The molecule has 0 bridgehead atoms. The number of amides is 2. The molecule has 3 heterocycles. The van der Waals surface area contributed by atoms with E-state index in [1.165, 1.54) is 6.42 Å². The van der Waals surface area contributed by atoms with Crippen LogP contribution in [-0.4, -0.2) is 34.4 Å². The topological polar surface area (TPSA) is 71.4 Å². The molecule has 1 N–H and O–H groups in total. The zero-order valence-electron chi connectivity index (χ0n) is 16.6. The van der Waals surface area contributed by atoms with Crippen LogP contribution in [0.25, 0.3) is 0 Å². The van der Waals surface area contributed by atoms with E-state index in [9.17, 15) is 14.4 Å². The first-order valence-corrected chi connectivity index (χ1v) is 11.4. The number of carbonyl (C=O) groups is 2. The second-order valence-electron chi connectivity index (χ2n) is 7.97. The number of carbonyl (C=O) groups excluding carboxylic acids is 2. The number of nitrogens with zero attached hydrogens (tertiary/aromatic N) is 2. The summed E-state index contributed by atoms with van der Waals surface area (Å²) in [5.74, 6) is -0.661. The molecule has 154 valence electrons. The molecule has 0 unspecified atom stereocenters. The van der Waals surface area contributed by atoms with E-state index in [0.717, 1.165) is 44.1 Å². The highest BCUT2D eigenvalue weighted by molar-refractivity contribution is 7.07. The van der Waals surface area contributed by atoms with Crippen molar-refractivity contribution >= 4 is 23.2 Å². The van der Waals surface area contributed by atoms with E-state index in [4.69, 9.17) is 0 Å². The Morgan fingerprint density at radius 3 is 2.45 bits per heavy atom. The van der Waals surface area contributed by atoms with Gasteiger partial charge < -0.3 is 14.8 Å². The highest BCUT2D eigenvalue weighted by Gasteiger charge is 2.26. The number of thiophene rings is 1. The van der Waals surface area contributed by atoms with Crippen molar-refractivity contribution in [2.24, 2.45) is 0 Å². The van der Waals surface area contributed by atoms with Crippen LogP contribution < -0.4 is 10.7 Å². The molecule has 0 radical (unpaired) electrons. The molecular formula is C22H27N3O3S. The standard InChI is InChI=1S/C22H27N3O3S/c26-20-18(21(27)23-12-16-8-11-29-15-16)13-25(17-6-2-1-3-7-17)14-19(20)22(28)24-9-4-5-10-24/h8,11,13-15,17H,1-7,9-10,12H2,(H,23,27). The molecule has 6 nitrogen and oxygen atoms in total. The molecular weight excluding hydrogens is 386 g/mol. The predicted molar refractivity (Wildman–Crippen MR) is 113 cm³/mol. The Bertz CT molecular complexity index is 923. The van der Waals surface area contributed by atoms with Crippen molar-refractivity contribution in [1.82, 2.24) is 14.8 Å². The van der Waals surface area contributed by atoms with Gasteiger partial charge in [-0.1, -0.05) is 19.3 Å². The third kappa shape index (κ3) is 4.45. The fourth-order valence-electron chi connectivity index (χ4n) is 4.26. The maximum atomic E-state index is 13.1. The molecule has 0 spiro atoms. The van der Waals surface area contributed by atoms with Crippen molar-refractivity contribution in [2.75, 3.05) is 13.1 Å². The first-order valence-electron chi connectivity index (χ1n) is 10.5. The van der Waals surface area contributed by atoms with Crippen LogP contribution in [-0.2, 0) is 6.54 Å². The van der Waals surface area contributed by atoms with Gasteiger partial charge >= 0.3 is 0 Å². The minimum atomic E-state index is -0.461. The van der Waals surface area contributed by atoms with E-state index in [0.29, 0.717) is 19.6 Å². The number of hydrogen-bond donors (Lipinski definition) is 1. The van der Waals surface area contributed by atoms with Crippen LogP contribution in [0.4, 0.5) is 0 Å². The molecule has 1 saturated carbocycles. The van der Waals surface area contributed by atoms with Gasteiger partial charge in [-0.15, -0.1) is 0 Å². The Hall–Kier alpha value is -2.41. The normalized spacial score (nSPS) is 17.4. The van der Waals surface area contributed by atoms with Crippen LogP contribution >= 0.6 is 11.3 Å². The van der Waals surface area contributed by atoms with Crippen LogP contribution in [0.2, 0.25) is 0 Å². The summed E-state index contributed by atoms with van der Waals surface area (Å²) in [6, 6.07) is 2.18. The number of pyridine rings is 1. The van der Waals surface area contributed by atoms with Gasteiger partial charge in [0.2, 0.25) is 5.43 Å². The number of nitrogens with one attached hydrogen (secondary N) is 1. The van der Waals surface area contributed by atoms with Crippen LogP contribution in [0.3, 0.4) is 0 Å². The first kappa shape index (κ1) is 19.9. The third-order valence-corrected chi connectivity index (χ3v) is 6.68. The fourth-order valence-corrected chi connectivity index (χ4v) is 4.93. The van der Waals surface area contributed by atoms with E-state index in [-0.39, 0.29) is 23.1 Å². The lowest BCUT2D eigenvalue weighted by atomic mass is 9.95. The van der Waals surface area contributed by atoms with Crippen molar-refractivity contribution in [3.63, 3.8) is 0 Å². The maximum Gasteiger partial charge on any atom is 0.259 e. The number of aromatic nitrogens is 1. The van der Waals surface area contributed by atoms with Crippen molar-refractivity contribution in [2.45, 2.75) is 57.5 Å². The average molecular weight is 414 g/mol. The lowest BCUT2D eigenvalue weighted by Crippen LogP contribution is -2.37. The van der Waals surface area contributed by atoms with Gasteiger partial charge in [0, 0.05) is 38.1 Å². The third-order valence-electron chi connectivity index (χ3n) is 5.94. The molecule has 1 aliphatic carbocycles. The van der Waals surface area contributed by atoms with Crippen molar-refractivity contribution in [1.29, 1.82) is 0 Å². The smallest absolute Gasteiger partial charge is 0.259 e. The van der Waals surface area contributed by atoms with E-state index in [1.807, 2.05) is 21.4 Å². The zero-order chi connectivity index (χ0) is 20.2. The second-order valence-corrected chi connectivity index (χ2v) is 8.75. The minimum Gasteiger partial charge on any atom is -0.349 e. The molecule has 4 rings (SSSR count). The van der Waals surface area contributed by atoms with Gasteiger partial charge in [-0.25, -0.2) is 0 Å². The summed E-state index contributed by atoms with van der Waals surface area (Å²) < 4.78 is 1.95. The van der Waals surface area contributed by atoms with Crippen LogP contribution in [0, 0.1) is 0 Å². The quantitative estimate of drug-likeness (QED) is 0.814. The Kier molecular flexibility index (Phi) is 6.13. The zero-order valence-corrected chi connectivity index (χ0v) is 17.4. The summed E-state index contributed by atoms with van der Waals surface area (Å²) in [4.78, 5) is 40.7. The summed E-state index contributed by atoms with van der Waals surface area (Å²) in [6.45, 7) is 1.72. The van der Waals surface area contributed by atoms with Crippen LogP contribution in [0.5, 0.6) is 0 Å². The van der Waals surface area contributed by atoms with E-state index in [2.05, 4.69) is 5.32 Å². The highest BCUT2D eigenvalue weighted by atomic mass is 32.1. The fraction of sp³-hybridized carbons (Fsp3) is 0.500. The minimum absolute atomic E-state index is 0.0656. The molecule has 2 aliphatic rings. The lowest BCUT2D eigenvalue weighted by molar-refractivity contribution is 0.0790. The van der Waals surface area contributed by atoms with Gasteiger partial charge in [-0.05, 0) is 48.1 Å². The van der Waals surface area contributed by atoms with E-state index >= 15 is 0 Å². The largest absolute Gasteiger partial charge is 0.349 e. The van der Waals surface area contributed by atoms with Crippen molar-refractivity contribution in [3.8, 4) is 0 Å². The maximum absolute atomic E-state index is 13.1. The summed E-state index contributed by atoms with van der Waals surface area (Å²) in [5.41, 5.74) is 0.730. The molecule has 0 aromatic carbocycles. The molecule has 7 heteroatoms. The van der Waals surface area contributed by atoms with Gasteiger partial charge in [0.1, 0.15) is 11.1 Å². The Balaban J connectivity index is 1.66. The molecule has 2 amide bonds. The highest BCUT2D eigenvalue weighted by Crippen LogP contribution is 2.28. The number of rotatable bonds is 5. The van der Waals surface area contributed by atoms with E-state index < -0.39 is 11.3 Å². The van der Waals surface area contributed by atoms with Gasteiger partial charge in [0.05, 0.1) is 0 Å². The lowest BCUT2D eigenvalue weighted by Gasteiger charge is -2.26. The Labute approximate surface area is 174 Å². The van der Waals surface area contributed by atoms with Crippen molar-refractivity contribution < 1.29 is 9.59 Å². The first-order chi connectivity index (χ1) is 14.1. The summed E-state index contributed by atoms with van der Waals surface area (Å²) in [5, 5.41) is 6.75. The van der Waals surface area contributed by atoms with Gasteiger partial charge in [0.25, 0.3) is 11.8 Å². The Morgan fingerprint density at radius 2 is 1.76 bits per heavy atom. The number of hydrogen-bond acceptors (Lipinski definition) is 4. The SMILES string of the molecule is O=C(NCc1ccsc1)c1cn(C2CCCCC2)cc(C(=O)N2CCCC2)c1=O. The molecule has 1 aliphatic heterocycles. The molecule has 1 saturated heterocycles. The summed E-state index contributed by atoms with van der Waals surface area (Å²) >= 11 is 1.56. The summed E-state index contributed by atoms with van der Waals surface area (Å²) in [7, 11) is 0. The van der Waals surface area contributed by atoms with Crippen molar-refractivity contribution in [3.05, 3.63) is 56.1 Å². The monoisotopic (exact) mass is 413 g/mol. The molecule has 0 atom stereocenters. The molecule has 29 heavy (non-hydrogen) atoms. The predicted octanol–water partition coefficient (Wildman–Crippen LogP) is 3.58. The second kappa shape index (κ2) is 8.95. The van der Waals surface area contributed by atoms with E-state index in [1.54, 1.807) is 28.6 Å². The molecule has 2 aromatic heterocycles. The summed E-state index contributed by atoms with van der Waals surface area (Å²) in [6.07, 6.45) is 10.8. The molecule has 2 aromatic rings. The van der Waals surface area contributed by atoms with Gasteiger partial charge in [-0.3, -0.25) is 14.4 Å². The average Bonchev–Trinajstić information content (AvgIpc) is 3.46.